The minimum atomic E-state index is -0.296. The van der Waals surface area contributed by atoms with E-state index in [1.807, 2.05) is 24.3 Å². The fourth-order valence-corrected chi connectivity index (χ4v) is 2.13. The number of hydrogen-bond donors (Lipinski definition) is 0. The molecule has 0 N–H and O–H groups in total. The van der Waals surface area contributed by atoms with Gasteiger partial charge in [0.25, 0.3) is 0 Å². The molecule has 1 aromatic rings. The normalized spacial score (nSPS) is 10.9. The summed E-state index contributed by atoms with van der Waals surface area (Å²) in [5.41, 5.74) is 0.552. The third kappa shape index (κ3) is 9.36. The van der Waals surface area contributed by atoms with Crippen molar-refractivity contribution in [1.82, 2.24) is 0 Å². The number of unbranched alkanes of at least 4 members (excludes halogenated alkanes) is 3. The highest BCUT2D eigenvalue weighted by Gasteiger charge is 2.06. The lowest BCUT2D eigenvalue weighted by molar-refractivity contribution is 0.0511. The number of benzene rings is 1. The molecule has 0 amide bonds. The highest BCUT2D eigenvalue weighted by molar-refractivity contribution is 5.89. The predicted octanol–water partition coefficient (Wildman–Crippen LogP) is 4.79. The Morgan fingerprint density at radius 1 is 0.958 bits per heavy atom. The minimum absolute atomic E-state index is 0.296. The summed E-state index contributed by atoms with van der Waals surface area (Å²) in [5, 5.41) is 0. The number of carbonyl (C=O) groups excluding carboxylic acids is 1. The zero-order chi connectivity index (χ0) is 17.5. The van der Waals surface area contributed by atoms with Crippen molar-refractivity contribution < 1.29 is 19.0 Å². The van der Waals surface area contributed by atoms with Gasteiger partial charge in [0.2, 0.25) is 0 Å². The molecule has 0 fully saturated rings. The Morgan fingerprint density at radius 3 is 2.33 bits per heavy atom. The molecule has 1 aromatic carbocycles. The molecular weight excluding hydrogens is 304 g/mol. The lowest BCUT2D eigenvalue weighted by Crippen LogP contribution is -2.06. The maximum absolute atomic E-state index is 11.9. The number of methoxy groups -OCH3 is 1. The molecule has 134 valence electrons. The van der Waals surface area contributed by atoms with Crippen LogP contribution in [0, 0.1) is 0 Å². The van der Waals surface area contributed by atoms with Crippen LogP contribution in [0.25, 0.3) is 0 Å². The molecule has 0 radical (unpaired) electrons. The Bertz CT molecular complexity index is 465. The first-order valence-electron chi connectivity index (χ1n) is 8.81. The van der Waals surface area contributed by atoms with Gasteiger partial charge in [0.05, 0.1) is 18.8 Å². The first-order chi connectivity index (χ1) is 11.8. The van der Waals surface area contributed by atoms with E-state index in [-0.39, 0.29) is 5.97 Å². The van der Waals surface area contributed by atoms with Gasteiger partial charge in [0.1, 0.15) is 5.75 Å². The predicted molar refractivity (Wildman–Crippen MR) is 96.6 cm³/mol. The first-order valence-corrected chi connectivity index (χ1v) is 8.81. The van der Waals surface area contributed by atoms with Gasteiger partial charge in [-0.1, -0.05) is 38.3 Å². The summed E-state index contributed by atoms with van der Waals surface area (Å²) >= 11 is 0. The van der Waals surface area contributed by atoms with E-state index in [0.717, 1.165) is 25.2 Å². The van der Waals surface area contributed by atoms with Crippen molar-refractivity contribution >= 4 is 5.97 Å². The maximum atomic E-state index is 11.9. The molecule has 1 rings (SSSR count). The van der Waals surface area contributed by atoms with Gasteiger partial charge in [0, 0.05) is 13.7 Å². The average molecular weight is 334 g/mol. The van der Waals surface area contributed by atoms with E-state index >= 15 is 0 Å². The van der Waals surface area contributed by atoms with Crippen molar-refractivity contribution in [3.05, 3.63) is 42.0 Å². The Hall–Kier alpha value is -1.81. The van der Waals surface area contributed by atoms with E-state index in [0.29, 0.717) is 25.2 Å². The number of hydrogen-bond acceptors (Lipinski definition) is 4. The minimum Gasteiger partial charge on any atom is -0.494 e. The molecule has 0 aliphatic rings. The summed E-state index contributed by atoms with van der Waals surface area (Å²) in [5.74, 6) is 0.499. The summed E-state index contributed by atoms with van der Waals surface area (Å²) in [4.78, 5) is 11.9. The van der Waals surface area contributed by atoms with Crippen LogP contribution in [0.2, 0.25) is 0 Å². The molecule has 4 nitrogen and oxygen atoms in total. The van der Waals surface area contributed by atoms with Crippen molar-refractivity contribution in [2.24, 2.45) is 0 Å². The third-order valence-corrected chi connectivity index (χ3v) is 3.53. The average Bonchev–Trinajstić information content (AvgIpc) is 2.61. The third-order valence-electron chi connectivity index (χ3n) is 3.53. The Labute approximate surface area is 145 Å². The van der Waals surface area contributed by atoms with Crippen molar-refractivity contribution in [2.75, 3.05) is 26.9 Å². The monoisotopic (exact) mass is 334 g/mol. The second-order valence-corrected chi connectivity index (χ2v) is 5.61. The Kier molecular flexibility index (Phi) is 11.5. The highest BCUT2D eigenvalue weighted by Crippen LogP contribution is 2.14. The highest BCUT2D eigenvalue weighted by atomic mass is 16.5. The first kappa shape index (κ1) is 20.2. The van der Waals surface area contributed by atoms with Crippen LogP contribution in [-0.2, 0) is 9.47 Å². The van der Waals surface area contributed by atoms with E-state index in [2.05, 4.69) is 6.92 Å². The quantitative estimate of drug-likeness (QED) is 0.296. The van der Waals surface area contributed by atoms with Crippen LogP contribution in [0.15, 0.2) is 36.4 Å². The van der Waals surface area contributed by atoms with Crippen LogP contribution < -0.4 is 4.74 Å². The SMILES string of the molecule is CCCCCCOc1ccc(C(=O)OCC/C=C/CCOC)cc1. The van der Waals surface area contributed by atoms with Crippen molar-refractivity contribution in [3.8, 4) is 5.75 Å². The topological polar surface area (TPSA) is 44.8 Å². The molecule has 0 spiro atoms. The van der Waals surface area contributed by atoms with E-state index in [1.54, 1.807) is 19.2 Å². The van der Waals surface area contributed by atoms with Crippen LogP contribution in [0.5, 0.6) is 5.75 Å². The van der Waals surface area contributed by atoms with E-state index in [4.69, 9.17) is 14.2 Å². The number of ether oxygens (including phenoxy) is 3. The van der Waals surface area contributed by atoms with Gasteiger partial charge in [-0.05, 0) is 43.5 Å². The van der Waals surface area contributed by atoms with Crippen molar-refractivity contribution in [1.29, 1.82) is 0 Å². The molecule has 4 heteroatoms. The molecular formula is C20H30O4. The van der Waals surface area contributed by atoms with Gasteiger partial charge in [-0.2, -0.15) is 0 Å². The van der Waals surface area contributed by atoms with Gasteiger partial charge in [-0.15, -0.1) is 0 Å². The summed E-state index contributed by atoms with van der Waals surface area (Å²) in [6, 6.07) is 7.14. The van der Waals surface area contributed by atoms with Gasteiger partial charge < -0.3 is 14.2 Å². The molecule has 0 aromatic heterocycles. The number of rotatable bonds is 13. The second kappa shape index (κ2) is 13.6. The van der Waals surface area contributed by atoms with E-state index in [9.17, 15) is 4.79 Å². The van der Waals surface area contributed by atoms with E-state index in [1.165, 1.54) is 19.3 Å². The molecule has 0 unspecified atom stereocenters. The Balaban J connectivity index is 2.22. The molecule has 0 atom stereocenters. The standard InChI is InChI=1S/C20H30O4/c1-3-4-5-9-16-23-19-13-11-18(12-14-19)20(21)24-17-10-7-6-8-15-22-2/h6-7,11-14H,3-5,8-10,15-17H2,1-2H3/b7-6+. The summed E-state index contributed by atoms with van der Waals surface area (Å²) in [6.07, 6.45) is 10.4. The molecule has 0 aliphatic carbocycles. The summed E-state index contributed by atoms with van der Waals surface area (Å²) in [7, 11) is 1.68. The van der Waals surface area contributed by atoms with Crippen LogP contribution in [0.4, 0.5) is 0 Å². The maximum Gasteiger partial charge on any atom is 0.338 e. The fraction of sp³-hybridized carbons (Fsp3) is 0.550. The van der Waals surface area contributed by atoms with Crippen LogP contribution >= 0.6 is 0 Å². The van der Waals surface area contributed by atoms with Gasteiger partial charge in [0.15, 0.2) is 0 Å². The van der Waals surface area contributed by atoms with Gasteiger partial charge >= 0.3 is 5.97 Å². The van der Waals surface area contributed by atoms with Crippen LogP contribution in [0.3, 0.4) is 0 Å². The zero-order valence-corrected chi connectivity index (χ0v) is 15.0. The van der Waals surface area contributed by atoms with Gasteiger partial charge in [-0.25, -0.2) is 4.79 Å². The van der Waals surface area contributed by atoms with Crippen LogP contribution in [-0.4, -0.2) is 32.9 Å². The Morgan fingerprint density at radius 2 is 1.67 bits per heavy atom. The number of carbonyl (C=O) groups is 1. The fourth-order valence-electron chi connectivity index (χ4n) is 2.13. The largest absolute Gasteiger partial charge is 0.494 e. The molecule has 0 saturated carbocycles. The molecule has 24 heavy (non-hydrogen) atoms. The lowest BCUT2D eigenvalue weighted by Gasteiger charge is -2.07. The zero-order valence-electron chi connectivity index (χ0n) is 15.0. The lowest BCUT2D eigenvalue weighted by atomic mass is 10.2. The summed E-state index contributed by atoms with van der Waals surface area (Å²) in [6.45, 7) is 4.01. The van der Waals surface area contributed by atoms with Crippen molar-refractivity contribution in [3.63, 3.8) is 0 Å². The van der Waals surface area contributed by atoms with E-state index < -0.39 is 0 Å². The molecule has 0 aliphatic heterocycles. The van der Waals surface area contributed by atoms with Gasteiger partial charge in [-0.3, -0.25) is 0 Å². The summed E-state index contributed by atoms with van der Waals surface area (Å²) < 4.78 is 15.8. The molecule has 0 saturated heterocycles. The van der Waals surface area contributed by atoms with Crippen molar-refractivity contribution in [2.45, 2.75) is 45.4 Å². The second-order valence-electron chi connectivity index (χ2n) is 5.61. The molecule has 0 heterocycles. The number of esters is 1. The molecule has 0 bridgehead atoms. The van der Waals surface area contributed by atoms with Crippen LogP contribution in [0.1, 0.15) is 55.8 Å². The smallest absolute Gasteiger partial charge is 0.338 e.